The summed E-state index contributed by atoms with van der Waals surface area (Å²) < 4.78 is 0. The van der Waals surface area contributed by atoms with Gasteiger partial charge in [0.15, 0.2) is 0 Å². The quantitative estimate of drug-likeness (QED) is 0.127. The van der Waals surface area contributed by atoms with Gasteiger partial charge in [0.25, 0.3) is 0 Å². The standard InChI is InChI=1S/C57H47N3/c1-8-9-40-10-12-41(13-11-40)14-24-45-38-46(25-15-42-18-28-49(29-19-42)58(2)3)53-36-37-55-48(27-17-44-22-32-51(33-23-44)60(6)7)39-47(54-35-34-52(45)56(53)57(54)55)26-16-43-20-30-50(31-21-43)59(4)5/h10-13,18-23,28-39H,8-9H2,1-7H3. The number of hydrogen-bond donors (Lipinski definition) is 0. The molecule has 60 heavy (non-hydrogen) atoms. The Morgan fingerprint density at radius 3 is 0.850 bits per heavy atom. The zero-order valence-corrected chi connectivity index (χ0v) is 35.5. The second-order valence-electron chi connectivity index (χ2n) is 15.8. The van der Waals surface area contributed by atoms with Crippen LogP contribution in [-0.4, -0.2) is 42.3 Å². The van der Waals surface area contributed by atoms with Crippen LogP contribution in [0.25, 0.3) is 32.3 Å². The Morgan fingerprint density at radius 2 is 0.600 bits per heavy atom. The van der Waals surface area contributed by atoms with Gasteiger partial charge in [-0.05, 0) is 141 Å². The number of hydrogen-bond acceptors (Lipinski definition) is 3. The average Bonchev–Trinajstić information content (AvgIpc) is 3.26. The van der Waals surface area contributed by atoms with Gasteiger partial charge in [0.2, 0.25) is 0 Å². The highest BCUT2D eigenvalue weighted by Crippen LogP contribution is 2.40. The van der Waals surface area contributed by atoms with Crippen molar-refractivity contribution in [3.05, 3.63) is 184 Å². The van der Waals surface area contributed by atoms with Crippen molar-refractivity contribution >= 4 is 49.4 Å². The van der Waals surface area contributed by atoms with Gasteiger partial charge in [0.05, 0.1) is 0 Å². The van der Waals surface area contributed by atoms with Gasteiger partial charge >= 0.3 is 0 Å². The minimum atomic E-state index is 0.929. The summed E-state index contributed by atoms with van der Waals surface area (Å²) in [5.41, 5.74) is 12.3. The lowest BCUT2D eigenvalue weighted by Gasteiger charge is -2.16. The zero-order valence-electron chi connectivity index (χ0n) is 35.5. The molecule has 290 valence electrons. The average molecular weight is 774 g/mol. The first-order valence-corrected chi connectivity index (χ1v) is 20.4. The lowest BCUT2D eigenvalue weighted by Crippen LogP contribution is -2.07. The van der Waals surface area contributed by atoms with E-state index in [9.17, 15) is 0 Å². The Hall–Kier alpha value is -7.56. The fourth-order valence-corrected chi connectivity index (χ4v) is 7.54. The summed E-state index contributed by atoms with van der Waals surface area (Å²) in [5, 5.41) is 6.57. The molecule has 0 aliphatic heterocycles. The molecule has 3 nitrogen and oxygen atoms in total. The molecule has 8 aromatic rings. The van der Waals surface area contributed by atoms with Crippen LogP contribution in [0.2, 0.25) is 0 Å². The molecule has 0 aliphatic rings. The Labute approximate surface area is 355 Å². The van der Waals surface area contributed by atoms with E-state index in [0.29, 0.717) is 0 Å². The maximum atomic E-state index is 3.59. The van der Waals surface area contributed by atoms with Crippen molar-refractivity contribution in [1.82, 2.24) is 0 Å². The number of rotatable bonds is 5. The van der Waals surface area contributed by atoms with Gasteiger partial charge in [0.1, 0.15) is 0 Å². The van der Waals surface area contributed by atoms with Crippen LogP contribution in [0.4, 0.5) is 17.1 Å². The fraction of sp³-hybridized carbons (Fsp3) is 0.158. The first kappa shape index (κ1) is 39.3. The van der Waals surface area contributed by atoms with Gasteiger partial charge in [0, 0.05) is 104 Å². The molecule has 8 aromatic carbocycles. The molecule has 0 atom stereocenters. The molecular formula is C57H47N3. The van der Waals surface area contributed by atoms with E-state index >= 15 is 0 Å². The topological polar surface area (TPSA) is 9.72 Å². The molecule has 8 rings (SSSR count). The summed E-state index contributed by atoms with van der Waals surface area (Å²) >= 11 is 0. The third-order valence-corrected chi connectivity index (χ3v) is 10.9. The smallest absolute Gasteiger partial charge is 0.0361 e. The second kappa shape index (κ2) is 17.1. The number of nitrogens with zero attached hydrogens (tertiary/aromatic N) is 3. The third kappa shape index (κ3) is 8.36. The summed E-state index contributed by atoms with van der Waals surface area (Å²) in [4.78, 5) is 6.29. The molecule has 0 spiro atoms. The summed E-state index contributed by atoms with van der Waals surface area (Å²) in [6.07, 6.45) is 2.18. The first-order valence-electron chi connectivity index (χ1n) is 20.4. The van der Waals surface area contributed by atoms with Crippen molar-refractivity contribution in [1.29, 1.82) is 0 Å². The van der Waals surface area contributed by atoms with Crippen molar-refractivity contribution in [2.45, 2.75) is 19.8 Å². The van der Waals surface area contributed by atoms with Gasteiger partial charge in [-0.2, -0.15) is 0 Å². The normalized spacial score (nSPS) is 10.5. The monoisotopic (exact) mass is 773 g/mol. The first-order chi connectivity index (χ1) is 29.1. The Kier molecular flexibility index (Phi) is 11.2. The summed E-state index contributed by atoms with van der Waals surface area (Å²) in [5.74, 6) is 28.2. The van der Waals surface area contributed by atoms with Gasteiger partial charge in [-0.15, -0.1) is 0 Å². The van der Waals surface area contributed by atoms with Crippen LogP contribution < -0.4 is 14.7 Å². The molecule has 0 aliphatic carbocycles. The van der Waals surface area contributed by atoms with Crippen molar-refractivity contribution in [2.75, 3.05) is 57.0 Å². The van der Waals surface area contributed by atoms with Crippen LogP contribution in [0.3, 0.4) is 0 Å². The van der Waals surface area contributed by atoms with Crippen LogP contribution >= 0.6 is 0 Å². The van der Waals surface area contributed by atoms with Gasteiger partial charge in [-0.1, -0.05) is 97.1 Å². The van der Waals surface area contributed by atoms with Crippen LogP contribution in [0, 0.1) is 47.4 Å². The number of benzene rings is 8. The van der Waals surface area contributed by atoms with Crippen molar-refractivity contribution in [3.63, 3.8) is 0 Å². The molecule has 0 N–H and O–H groups in total. The van der Waals surface area contributed by atoms with Crippen molar-refractivity contribution in [2.24, 2.45) is 0 Å². The van der Waals surface area contributed by atoms with E-state index in [0.717, 1.165) is 107 Å². The molecule has 0 amide bonds. The van der Waals surface area contributed by atoms with Crippen LogP contribution in [0.5, 0.6) is 0 Å². The predicted octanol–water partition coefficient (Wildman–Crippen LogP) is 11.3. The van der Waals surface area contributed by atoms with E-state index in [4.69, 9.17) is 0 Å². The van der Waals surface area contributed by atoms with E-state index < -0.39 is 0 Å². The fourth-order valence-electron chi connectivity index (χ4n) is 7.54. The van der Waals surface area contributed by atoms with Crippen molar-refractivity contribution in [3.8, 4) is 47.4 Å². The highest BCUT2D eigenvalue weighted by molar-refractivity contribution is 6.26. The summed E-state index contributed by atoms with van der Waals surface area (Å²) in [7, 11) is 12.3. The predicted molar refractivity (Wildman–Crippen MR) is 257 cm³/mol. The third-order valence-electron chi connectivity index (χ3n) is 10.9. The maximum absolute atomic E-state index is 3.59. The zero-order chi connectivity index (χ0) is 41.8. The second-order valence-corrected chi connectivity index (χ2v) is 15.8. The summed E-state index contributed by atoms with van der Waals surface area (Å²) in [6.45, 7) is 2.21. The molecule has 0 saturated carbocycles. The maximum Gasteiger partial charge on any atom is 0.0361 e. The SMILES string of the molecule is CCCc1ccc(C#Cc2cc(C#Cc3ccc(N(C)C)cc3)c3ccc4c(C#Cc5ccc(N(C)C)cc5)cc(C#Cc5ccc(N(C)C)cc5)c5ccc2c3c54)cc1. The van der Waals surface area contributed by atoms with E-state index in [1.165, 1.54) is 5.56 Å². The Morgan fingerprint density at radius 1 is 0.333 bits per heavy atom. The van der Waals surface area contributed by atoms with Crippen molar-refractivity contribution < 1.29 is 0 Å². The molecule has 3 heteroatoms. The van der Waals surface area contributed by atoms with E-state index in [1.54, 1.807) is 0 Å². The largest absolute Gasteiger partial charge is 0.378 e. The molecule has 0 heterocycles. The highest BCUT2D eigenvalue weighted by Gasteiger charge is 2.17. The lowest BCUT2D eigenvalue weighted by molar-refractivity contribution is 0.922. The molecular weight excluding hydrogens is 727 g/mol. The van der Waals surface area contributed by atoms with Crippen LogP contribution in [0.15, 0.2) is 133 Å². The highest BCUT2D eigenvalue weighted by atomic mass is 15.1. The molecule has 0 bridgehead atoms. The molecule has 0 fully saturated rings. The molecule has 0 radical (unpaired) electrons. The molecule has 0 aromatic heterocycles. The molecule has 0 unspecified atom stereocenters. The van der Waals surface area contributed by atoms with Crippen LogP contribution in [0.1, 0.15) is 63.4 Å². The number of anilines is 3. The van der Waals surface area contributed by atoms with E-state index in [-0.39, 0.29) is 0 Å². The minimum absolute atomic E-state index is 0.929. The minimum Gasteiger partial charge on any atom is -0.378 e. The Bertz CT molecular complexity index is 3010. The number of aryl methyl sites for hydroxylation is 1. The Balaban J connectivity index is 1.36. The van der Waals surface area contributed by atoms with Gasteiger partial charge < -0.3 is 14.7 Å². The van der Waals surface area contributed by atoms with E-state index in [1.807, 2.05) is 42.3 Å². The van der Waals surface area contributed by atoms with Crippen LogP contribution in [-0.2, 0) is 6.42 Å². The molecule has 0 saturated heterocycles. The lowest BCUT2D eigenvalue weighted by atomic mass is 9.86. The summed E-state index contributed by atoms with van der Waals surface area (Å²) in [6, 6.07) is 46.9. The van der Waals surface area contributed by atoms with E-state index in [2.05, 4.69) is 202 Å². The van der Waals surface area contributed by atoms with Gasteiger partial charge in [-0.3, -0.25) is 0 Å². The van der Waals surface area contributed by atoms with Gasteiger partial charge in [-0.25, -0.2) is 0 Å².